The highest BCUT2D eigenvalue weighted by Crippen LogP contribution is 2.47. The summed E-state index contributed by atoms with van der Waals surface area (Å²) in [5, 5.41) is 3.60. The van der Waals surface area contributed by atoms with Crippen molar-refractivity contribution >= 4 is 12.4 Å². The molecule has 0 radical (unpaired) electrons. The van der Waals surface area contributed by atoms with Gasteiger partial charge in [0.25, 0.3) is 0 Å². The zero-order valence-electron chi connectivity index (χ0n) is 9.49. The van der Waals surface area contributed by atoms with Crippen LogP contribution in [0.3, 0.4) is 0 Å². The van der Waals surface area contributed by atoms with Crippen LogP contribution in [-0.2, 0) is 6.54 Å². The summed E-state index contributed by atoms with van der Waals surface area (Å²) >= 11 is 0. The van der Waals surface area contributed by atoms with Gasteiger partial charge in [0.15, 0.2) is 0 Å². The molecule has 0 amide bonds. The van der Waals surface area contributed by atoms with Crippen LogP contribution in [0, 0.1) is 5.41 Å². The Morgan fingerprint density at radius 2 is 1.87 bits per heavy atom. The van der Waals surface area contributed by atoms with Crippen molar-refractivity contribution in [3.8, 4) is 0 Å². The fraction of sp³-hybridized carbons (Fsp3) is 0.538. The number of hydrogen-bond donors (Lipinski definition) is 1. The van der Waals surface area contributed by atoms with Crippen molar-refractivity contribution in [2.45, 2.75) is 39.3 Å². The summed E-state index contributed by atoms with van der Waals surface area (Å²) in [6, 6.07) is 11.3. The van der Waals surface area contributed by atoms with Gasteiger partial charge in [0, 0.05) is 12.6 Å². The minimum atomic E-state index is 0. The molecule has 1 aromatic carbocycles. The van der Waals surface area contributed by atoms with Gasteiger partial charge in [0.05, 0.1) is 0 Å². The van der Waals surface area contributed by atoms with Gasteiger partial charge in [0.2, 0.25) is 0 Å². The average Bonchev–Trinajstić information content (AvgIpc) is 2.96. The third-order valence-electron chi connectivity index (χ3n) is 3.54. The number of halogens is 1. The molecule has 15 heavy (non-hydrogen) atoms. The molecule has 0 aromatic heterocycles. The molecule has 1 atom stereocenters. The Morgan fingerprint density at radius 1 is 1.27 bits per heavy atom. The van der Waals surface area contributed by atoms with E-state index in [4.69, 9.17) is 0 Å². The van der Waals surface area contributed by atoms with Crippen molar-refractivity contribution in [1.82, 2.24) is 5.32 Å². The molecule has 1 saturated carbocycles. The number of nitrogens with one attached hydrogen (secondary N) is 1. The predicted octanol–water partition coefficient (Wildman–Crippen LogP) is 3.39. The van der Waals surface area contributed by atoms with Crippen LogP contribution < -0.4 is 5.32 Å². The first kappa shape index (κ1) is 12.5. The van der Waals surface area contributed by atoms with Crippen molar-refractivity contribution in [3.63, 3.8) is 0 Å². The maximum Gasteiger partial charge on any atom is 0.0208 e. The van der Waals surface area contributed by atoms with Gasteiger partial charge in [0.1, 0.15) is 0 Å². The van der Waals surface area contributed by atoms with E-state index in [1.807, 2.05) is 0 Å². The van der Waals surface area contributed by atoms with E-state index in [0.29, 0.717) is 11.5 Å². The zero-order chi connectivity index (χ0) is 10.0. The van der Waals surface area contributed by atoms with Gasteiger partial charge in [-0.1, -0.05) is 37.3 Å². The van der Waals surface area contributed by atoms with E-state index >= 15 is 0 Å². The van der Waals surface area contributed by atoms with Gasteiger partial charge >= 0.3 is 0 Å². The lowest BCUT2D eigenvalue weighted by atomic mass is 10.0. The summed E-state index contributed by atoms with van der Waals surface area (Å²) in [4.78, 5) is 0. The molecule has 0 bridgehead atoms. The maximum atomic E-state index is 3.60. The molecular formula is C13H20ClN. The first-order valence-electron chi connectivity index (χ1n) is 5.48. The van der Waals surface area contributed by atoms with Crippen LogP contribution in [0.2, 0.25) is 0 Å². The smallest absolute Gasteiger partial charge is 0.0208 e. The molecule has 84 valence electrons. The summed E-state index contributed by atoms with van der Waals surface area (Å²) in [5.41, 5.74) is 1.96. The van der Waals surface area contributed by atoms with Gasteiger partial charge in [-0.05, 0) is 30.7 Å². The summed E-state index contributed by atoms with van der Waals surface area (Å²) < 4.78 is 0. The number of hydrogen-bond acceptors (Lipinski definition) is 1. The van der Waals surface area contributed by atoms with Crippen LogP contribution in [-0.4, -0.2) is 6.04 Å². The van der Waals surface area contributed by atoms with E-state index in [0.717, 1.165) is 6.54 Å². The number of benzene rings is 1. The highest BCUT2D eigenvalue weighted by atomic mass is 35.5. The molecular weight excluding hydrogens is 206 g/mol. The standard InChI is InChI=1S/C13H19N.ClH/c1-11(13(2)8-9-13)14-10-12-6-4-3-5-7-12;/h3-7,11,14H,8-10H2,1-2H3;1H. The number of rotatable bonds is 4. The van der Waals surface area contributed by atoms with Gasteiger partial charge in [-0.15, -0.1) is 12.4 Å². The second kappa shape index (κ2) is 5.00. The van der Waals surface area contributed by atoms with Crippen LogP contribution in [0.4, 0.5) is 0 Å². The van der Waals surface area contributed by atoms with Gasteiger partial charge in [-0.25, -0.2) is 0 Å². The van der Waals surface area contributed by atoms with Crippen LogP contribution in [0.5, 0.6) is 0 Å². The predicted molar refractivity (Wildman–Crippen MR) is 67.3 cm³/mol. The van der Waals surface area contributed by atoms with E-state index in [1.54, 1.807) is 0 Å². The SMILES string of the molecule is CC(NCc1ccccc1)C1(C)CC1.Cl. The summed E-state index contributed by atoms with van der Waals surface area (Å²) in [6.45, 7) is 5.67. The summed E-state index contributed by atoms with van der Waals surface area (Å²) in [5.74, 6) is 0. The molecule has 1 fully saturated rings. The minimum absolute atomic E-state index is 0. The molecule has 0 spiro atoms. The van der Waals surface area contributed by atoms with Crippen LogP contribution in [0.15, 0.2) is 30.3 Å². The second-order valence-corrected chi connectivity index (χ2v) is 4.74. The fourth-order valence-corrected chi connectivity index (χ4v) is 1.74. The van der Waals surface area contributed by atoms with Gasteiger partial charge < -0.3 is 5.32 Å². The molecule has 1 N–H and O–H groups in total. The van der Waals surface area contributed by atoms with Crippen LogP contribution in [0.25, 0.3) is 0 Å². The molecule has 2 heteroatoms. The topological polar surface area (TPSA) is 12.0 Å². The summed E-state index contributed by atoms with van der Waals surface area (Å²) in [6.07, 6.45) is 2.77. The lowest BCUT2D eigenvalue weighted by Crippen LogP contribution is -2.32. The molecule has 0 heterocycles. The molecule has 0 aliphatic heterocycles. The van der Waals surface area contributed by atoms with Crippen molar-refractivity contribution in [2.24, 2.45) is 5.41 Å². The van der Waals surface area contributed by atoms with E-state index in [2.05, 4.69) is 49.5 Å². The molecule has 1 aromatic rings. The Bertz CT molecular complexity index is 293. The van der Waals surface area contributed by atoms with Crippen molar-refractivity contribution in [3.05, 3.63) is 35.9 Å². The zero-order valence-corrected chi connectivity index (χ0v) is 10.3. The largest absolute Gasteiger partial charge is 0.310 e. The third-order valence-corrected chi connectivity index (χ3v) is 3.54. The quantitative estimate of drug-likeness (QED) is 0.829. The van der Waals surface area contributed by atoms with E-state index < -0.39 is 0 Å². The van der Waals surface area contributed by atoms with Crippen molar-refractivity contribution in [1.29, 1.82) is 0 Å². The molecule has 0 saturated heterocycles. The molecule has 1 unspecified atom stereocenters. The summed E-state index contributed by atoms with van der Waals surface area (Å²) in [7, 11) is 0. The third kappa shape index (κ3) is 3.22. The highest BCUT2D eigenvalue weighted by Gasteiger charge is 2.41. The monoisotopic (exact) mass is 225 g/mol. The second-order valence-electron chi connectivity index (χ2n) is 4.74. The Kier molecular flexibility index (Phi) is 4.18. The Balaban J connectivity index is 0.00000112. The minimum Gasteiger partial charge on any atom is -0.310 e. The normalized spacial score (nSPS) is 19.1. The average molecular weight is 226 g/mol. The van der Waals surface area contributed by atoms with Crippen molar-refractivity contribution in [2.75, 3.05) is 0 Å². The Labute approximate surface area is 98.7 Å². The van der Waals surface area contributed by atoms with E-state index in [-0.39, 0.29) is 12.4 Å². The lowest BCUT2D eigenvalue weighted by Gasteiger charge is -2.20. The first-order valence-corrected chi connectivity index (χ1v) is 5.48. The lowest BCUT2D eigenvalue weighted by molar-refractivity contribution is 0.380. The van der Waals surface area contributed by atoms with E-state index in [1.165, 1.54) is 18.4 Å². The molecule has 1 aliphatic carbocycles. The molecule has 1 nitrogen and oxygen atoms in total. The van der Waals surface area contributed by atoms with Crippen LogP contribution in [0.1, 0.15) is 32.3 Å². The van der Waals surface area contributed by atoms with Crippen LogP contribution >= 0.6 is 12.4 Å². The van der Waals surface area contributed by atoms with Crippen molar-refractivity contribution < 1.29 is 0 Å². The Hall–Kier alpha value is -0.530. The van der Waals surface area contributed by atoms with Gasteiger partial charge in [-0.3, -0.25) is 0 Å². The highest BCUT2D eigenvalue weighted by molar-refractivity contribution is 5.85. The first-order chi connectivity index (χ1) is 6.71. The molecule has 1 aliphatic rings. The fourth-order valence-electron chi connectivity index (χ4n) is 1.74. The maximum absolute atomic E-state index is 3.60. The molecule has 2 rings (SSSR count). The van der Waals surface area contributed by atoms with E-state index in [9.17, 15) is 0 Å². The van der Waals surface area contributed by atoms with Gasteiger partial charge in [-0.2, -0.15) is 0 Å². The Morgan fingerprint density at radius 3 is 2.40 bits per heavy atom.